The number of esters is 1. The zero-order valence-corrected chi connectivity index (χ0v) is 12.3. The third-order valence-electron chi connectivity index (χ3n) is 4.25. The number of carbonyl (C=O) groups excluding carboxylic acids is 1. The summed E-state index contributed by atoms with van der Waals surface area (Å²) >= 11 is 0. The molecule has 6 heteroatoms. The van der Waals surface area contributed by atoms with Gasteiger partial charge in [-0.2, -0.15) is 0 Å². The number of fused-ring (bicyclic) bond motifs is 2. The standard InChI is InChI=1S/C14H22O6/c1-5-17-13(15)9-8-11(9)19-7-6-18-14(2,3)20-10(7)12(8)16-4/h7-12H,5-6H2,1-4H3/t7-,8+,9?,10-,11+,12-/m1/s1. The summed E-state index contributed by atoms with van der Waals surface area (Å²) < 4.78 is 28.2. The van der Waals surface area contributed by atoms with E-state index in [1.54, 1.807) is 14.0 Å². The molecule has 20 heavy (non-hydrogen) atoms. The number of ether oxygens (including phenoxy) is 5. The molecule has 3 aliphatic rings. The van der Waals surface area contributed by atoms with Crippen LogP contribution in [0.5, 0.6) is 0 Å². The number of carbonyl (C=O) groups is 1. The van der Waals surface area contributed by atoms with Crippen LogP contribution in [0.3, 0.4) is 0 Å². The van der Waals surface area contributed by atoms with Crippen molar-refractivity contribution in [3.63, 3.8) is 0 Å². The monoisotopic (exact) mass is 286 g/mol. The van der Waals surface area contributed by atoms with Crippen molar-refractivity contribution in [1.29, 1.82) is 0 Å². The minimum atomic E-state index is -0.650. The van der Waals surface area contributed by atoms with Crippen molar-refractivity contribution in [2.75, 3.05) is 20.3 Å². The van der Waals surface area contributed by atoms with Gasteiger partial charge in [0.15, 0.2) is 5.79 Å². The van der Waals surface area contributed by atoms with E-state index in [1.807, 2.05) is 13.8 Å². The molecule has 2 saturated heterocycles. The van der Waals surface area contributed by atoms with E-state index in [-0.39, 0.29) is 42.2 Å². The second-order valence-corrected chi connectivity index (χ2v) is 5.99. The van der Waals surface area contributed by atoms with Crippen LogP contribution in [-0.2, 0) is 28.5 Å². The van der Waals surface area contributed by atoms with E-state index in [0.29, 0.717) is 13.2 Å². The molecule has 114 valence electrons. The fraction of sp³-hybridized carbons (Fsp3) is 0.929. The average molecular weight is 286 g/mol. The lowest BCUT2D eigenvalue weighted by Crippen LogP contribution is -2.58. The van der Waals surface area contributed by atoms with E-state index in [4.69, 9.17) is 23.7 Å². The minimum absolute atomic E-state index is 0.0224. The van der Waals surface area contributed by atoms with Gasteiger partial charge in [-0.15, -0.1) is 0 Å². The van der Waals surface area contributed by atoms with Crippen LogP contribution in [0.4, 0.5) is 0 Å². The van der Waals surface area contributed by atoms with Gasteiger partial charge in [-0.3, -0.25) is 4.79 Å². The molecule has 0 bridgehead atoms. The predicted molar refractivity (Wildman–Crippen MR) is 68.0 cm³/mol. The normalized spacial score (nSPS) is 45.2. The van der Waals surface area contributed by atoms with Gasteiger partial charge in [-0.25, -0.2) is 0 Å². The number of hydrogen-bond acceptors (Lipinski definition) is 6. The molecule has 0 aromatic carbocycles. The number of hydrogen-bond donors (Lipinski definition) is 0. The Kier molecular flexibility index (Phi) is 3.52. The molecule has 1 unspecified atom stereocenters. The first-order valence-corrected chi connectivity index (χ1v) is 7.15. The summed E-state index contributed by atoms with van der Waals surface area (Å²) in [5.41, 5.74) is 0. The van der Waals surface area contributed by atoms with Crippen LogP contribution in [0.25, 0.3) is 0 Å². The molecule has 0 radical (unpaired) electrons. The van der Waals surface area contributed by atoms with Crippen LogP contribution in [0.1, 0.15) is 20.8 Å². The molecule has 0 aromatic heterocycles. The van der Waals surface area contributed by atoms with Gasteiger partial charge in [-0.1, -0.05) is 0 Å². The molecule has 1 aliphatic carbocycles. The fourth-order valence-corrected chi connectivity index (χ4v) is 3.32. The molecule has 6 nitrogen and oxygen atoms in total. The molecule has 6 atom stereocenters. The minimum Gasteiger partial charge on any atom is -0.466 e. The molecule has 3 fully saturated rings. The quantitative estimate of drug-likeness (QED) is 0.713. The van der Waals surface area contributed by atoms with Crippen LogP contribution in [0.15, 0.2) is 0 Å². The predicted octanol–water partition coefficient (Wildman–Crippen LogP) is 0.729. The highest BCUT2D eigenvalue weighted by molar-refractivity contribution is 5.77. The molecule has 0 amide bonds. The average Bonchev–Trinajstić information content (AvgIpc) is 3.09. The summed E-state index contributed by atoms with van der Waals surface area (Å²) in [7, 11) is 1.65. The Hall–Kier alpha value is -0.690. The van der Waals surface area contributed by atoms with Crippen molar-refractivity contribution in [2.24, 2.45) is 11.8 Å². The molecular formula is C14H22O6. The van der Waals surface area contributed by atoms with E-state index in [9.17, 15) is 4.79 Å². The molecule has 0 N–H and O–H groups in total. The summed E-state index contributed by atoms with van der Waals surface area (Å²) in [6.07, 6.45) is -0.678. The first-order valence-electron chi connectivity index (χ1n) is 7.15. The van der Waals surface area contributed by atoms with Crippen molar-refractivity contribution in [2.45, 2.75) is 51.0 Å². The lowest BCUT2D eigenvalue weighted by Gasteiger charge is -2.45. The van der Waals surface area contributed by atoms with Crippen molar-refractivity contribution < 1.29 is 28.5 Å². The summed E-state index contributed by atoms with van der Waals surface area (Å²) in [4.78, 5) is 11.9. The highest BCUT2D eigenvalue weighted by Gasteiger charge is 2.68. The van der Waals surface area contributed by atoms with Crippen molar-refractivity contribution >= 4 is 5.97 Å². The molecule has 2 aliphatic heterocycles. The van der Waals surface area contributed by atoms with Gasteiger partial charge >= 0.3 is 5.97 Å². The summed E-state index contributed by atoms with van der Waals surface area (Å²) in [6, 6.07) is 0. The van der Waals surface area contributed by atoms with Gasteiger partial charge in [-0.05, 0) is 20.8 Å². The maximum absolute atomic E-state index is 11.9. The van der Waals surface area contributed by atoms with E-state index in [1.165, 1.54) is 0 Å². The van der Waals surface area contributed by atoms with E-state index < -0.39 is 5.79 Å². The SMILES string of the molecule is CCOC(=O)C1[C@@H]2[C@@H](OC)[C@@H]3OC(C)(C)OC[C@H]3O[C@H]12. The molecular weight excluding hydrogens is 264 g/mol. The highest BCUT2D eigenvalue weighted by Crippen LogP contribution is 2.53. The lowest BCUT2D eigenvalue weighted by molar-refractivity contribution is -0.338. The van der Waals surface area contributed by atoms with Crippen molar-refractivity contribution in [3.05, 3.63) is 0 Å². The van der Waals surface area contributed by atoms with E-state index in [0.717, 1.165) is 0 Å². The second-order valence-electron chi connectivity index (χ2n) is 5.99. The maximum Gasteiger partial charge on any atom is 0.312 e. The largest absolute Gasteiger partial charge is 0.466 e. The third kappa shape index (κ3) is 2.24. The van der Waals surface area contributed by atoms with Crippen LogP contribution < -0.4 is 0 Å². The third-order valence-corrected chi connectivity index (χ3v) is 4.25. The van der Waals surface area contributed by atoms with Gasteiger partial charge in [0.25, 0.3) is 0 Å². The van der Waals surface area contributed by atoms with Crippen LogP contribution >= 0.6 is 0 Å². The van der Waals surface area contributed by atoms with Crippen molar-refractivity contribution in [3.8, 4) is 0 Å². The number of rotatable bonds is 3. The van der Waals surface area contributed by atoms with Gasteiger partial charge in [0.05, 0.1) is 31.3 Å². The molecule has 0 spiro atoms. The Morgan fingerprint density at radius 1 is 1.35 bits per heavy atom. The van der Waals surface area contributed by atoms with Crippen LogP contribution in [-0.4, -0.2) is 56.5 Å². The molecule has 3 rings (SSSR count). The Bertz CT molecular complexity index is 395. The molecule has 2 heterocycles. The second kappa shape index (κ2) is 4.94. The number of methoxy groups -OCH3 is 1. The summed E-state index contributed by atoms with van der Waals surface area (Å²) in [5.74, 6) is -1.07. The molecule has 0 aromatic rings. The Balaban J connectivity index is 1.75. The van der Waals surface area contributed by atoms with Gasteiger partial charge in [0, 0.05) is 13.0 Å². The van der Waals surface area contributed by atoms with Crippen LogP contribution in [0, 0.1) is 11.8 Å². The first-order chi connectivity index (χ1) is 9.48. The Morgan fingerprint density at radius 3 is 2.75 bits per heavy atom. The van der Waals surface area contributed by atoms with Gasteiger partial charge in [0.2, 0.25) is 0 Å². The molecule has 1 saturated carbocycles. The summed E-state index contributed by atoms with van der Waals surface area (Å²) in [6.45, 7) is 6.38. The zero-order valence-electron chi connectivity index (χ0n) is 12.3. The Morgan fingerprint density at radius 2 is 2.10 bits per heavy atom. The van der Waals surface area contributed by atoms with E-state index >= 15 is 0 Å². The highest BCUT2D eigenvalue weighted by atomic mass is 16.7. The Labute approximate surface area is 118 Å². The summed E-state index contributed by atoms with van der Waals surface area (Å²) in [5, 5.41) is 0. The van der Waals surface area contributed by atoms with E-state index in [2.05, 4.69) is 0 Å². The zero-order chi connectivity index (χ0) is 14.5. The van der Waals surface area contributed by atoms with Crippen molar-refractivity contribution in [1.82, 2.24) is 0 Å². The first kappa shape index (κ1) is 14.3. The topological polar surface area (TPSA) is 63.2 Å². The van der Waals surface area contributed by atoms with Gasteiger partial charge < -0.3 is 23.7 Å². The maximum atomic E-state index is 11.9. The smallest absolute Gasteiger partial charge is 0.312 e. The van der Waals surface area contributed by atoms with Crippen LogP contribution in [0.2, 0.25) is 0 Å². The van der Waals surface area contributed by atoms with Gasteiger partial charge in [0.1, 0.15) is 12.2 Å². The lowest BCUT2D eigenvalue weighted by atomic mass is 9.99. The fourth-order valence-electron chi connectivity index (χ4n) is 3.32.